The third-order valence-electron chi connectivity index (χ3n) is 6.32. The number of furan rings is 1. The van der Waals surface area contributed by atoms with E-state index in [-0.39, 0.29) is 34.8 Å². The summed E-state index contributed by atoms with van der Waals surface area (Å²) in [7, 11) is -3.87. The number of carbonyl (C=O) groups excluding carboxylic acids is 2. The van der Waals surface area contributed by atoms with Gasteiger partial charge in [-0.05, 0) is 90.1 Å². The Balaban J connectivity index is 1.34. The number of sulfonamides is 1. The topological polar surface area (TPSA) is 200 Å². The van der Waals surface area contributed by atoms with Crippen LogP contribution in [0.25, 0.3) is 6.08 Å². The van der Waals surface area contributed by atoms with Crippen molar-refractivity contribution in [2.75, 3.05) is 11.9 Å². The van der Waals surface area contributed by atoms with Crippen molar-refractivity contribution < 1.29 is 32.1 Å². The highest BCUT2D eigenvalue weighted by Gasteiger charge is 2.34. The van der Waals surface area contributed by atoms with E-state index in [0.29, 0.717) is 37.7 Å². The van der Waals surface area contributed by atoms with E-state index in [9.17, 15) is 28.1 Å². The van der Waals surface area contributed by atoms with Gasteiger partial charge in [-0.25, -0.2) is 13.6 Å². The second kappa shape index (κ2) is 14.5. The van der Waals surface area contributed by atoms with Crippen LogP contribution in [0.5, 0.6) is 5.75 Å². The number of nitro benzene ring substituents is 1. The molecule has 5 rings (SSSR count). The minimum Gasteiger partial charge on any atom is -0.483 e. The van der Waals surface area contributed by atoms with Crippen molar-refractivity contribution in [2.24, 2.45) is 15.3 Å². The van der Waals surface area contributed by atoms with Crippen molar-refractivity contribution in [2.45, 2.75) is 11.4 Å². The molecule has 4 aromatic rings. The third kappa shape index (κ3) is 8.79. The third-order valence-corrected chi connectivity index (χ3v) is 8.74. The molecule has 0 radical (unpaired) electrons. The number of nitrogens with one attached hydrogen (secondary N) is 1. The van der Waals surface area contributed by atoms with Crippen LogP contribution in [0, 0.1) is 10.1 Å². The Morgan fingerprint density at radius 1 is 1.13 bits per heavy atom. The Labute approximate surface area is 280 Å². The number of amides is 2. The Morgan fingerprint density at radius 2 is 1.87 bits per heavy atom. The number of carbonyl (C=O) groups is 2. The van der Waals surface area contributed by atoms with Gasteiger partial charge in [0.25, 0.3) is 17.5 Å². The lowest BCUT2D eigenvalue weighted by Crippen LogP contribution is -2.28. The zero-order chi connectivity index (χ0) is 33.6. The average molecular weight is 740 g/mol. The number of nitrogens with zero attached hydrogens (tertiary/aromatic N) is 4. The molecule has 1 aliphatic heterocycles. The highest BCUT2D eigenvalue weighted by atomic mass is 79.9. The molecule has 2 heterocycles. The fourth-order valence-corrected chi connectivity index (χ4v) is 5.90. The molecule has 1 fully saturated rings. The van der Waals surface area contributed by atoms with E-state index in [1.165, 1.54) is 65.9 Å². The lowest BCUT2D eigenvalue weighted by molar-refractivity contribution is -0.384. The SMILES string of the molecule is NS(=O)(=O)c1ccc(NC(=O)COc2ccc(Br)cc2/C=C2\S/C(=N/N=C\c3ccc([N+](=O)[O-])cc3)N(Cc3ccco3)C2=O)cc1. The number of anilines is 1. The molecule has 0 unspecified atom stereocenters. The molecule has 2 amide bonds. The van der Waals surface area contributed by atoms with Crippen molar-refractivity contribution >= 4 is 78.4 Å². The number of rotatable bonds is 11. The van der Waals surface area contributed by atoms with Crippen LogP contribution < -0.4 is 15.2 Å². The molecule has 0 atom stereocenters. The van der Waals surface area contributed by atoms with Gasteiger partial charge in [-0.15, -0.1) is 5.10 Å². The van der Waals surface area contributed by atoms with Crippen LogP contribution in [0.1, 0.15) is 16.9 Å². The number of non-ortho nitro benzene ring substituents is 1. The number of benzene rings is 3. The Hall–Kier alpha value is -5.10. The van der Waals surface area contributed by atoms with Crippen LogP contribution in [0.15, 0.2) is 114 Å². The van der Waals surface area contributed by atoms with E-state index in [0.717, 1.165) is 11.8 Å². The van der Waals surface area contributed by atoms with E-state index in [4.69, 9.17) is 14.3 Å². The fourth-order valence-electron chi connectivity index (χ4n) is 4.08. The van der Waals surface area contributed by atoms with Gasteiger partial charge in [-0.2, -0.15) is 5.10 Å². The minimum atomic E-state index is -3.87. The van der Waals surface area contributed by atoms with E-state index in [2.05, 4.69) is 31.4 Å². The van der Waals surface area contributed by atoms with Gasteiger partial charge < -0.3 is 14.5 Å². The van der Waals surface area contributed by atoms with Crippen LogP contribution in [0.4, 0.5) is 11.4 Å². The van der Waals surface area contributed by atoms with Crippen molar-refractivity contribution in [3.05, 3.63) is 122 Å². The maximum Gasteiger partial charge on any atom is 0.269 e. The zero-order valence-electron chi connectivity index (χ0n) is 24.0. The number of hydrogen-bond acceptors (Lipinski definition) is 11. The van der Waals surface area contributed by atoms with Gasteiger partial charge in [-0.3, -0.25) is 24.6 Å². The predicted octanol–water partition coefficient (Wildman–Crippen LogP) is 5.12. The van der Waals surface area contributed by atoms with Crippen LogP contribution in [-0.2, 0) is 26.2 Å². The summed E-state index contributed by atoms with van der Waals surface area (Å²) in [4.78, 5) is 38.2. The number of ether oxygens (including phenoxy) is 1. The number of nitrogens with two attached hydrogens (primary N) is 1. The molecule has 0 saturated carbocycles. The summed E-state index contributed by atoms with van der Waals surface area (Å²) in [5.74, 6) is -0.0505. The first-order valence-electron chi connectivity index (χ1n) is 13.4. The maximum absolute atomic E-state index is 13.6. The first-order chi connectivity index (χ1) is 22.5. The molecule has 1 aliphatic rings. The summed E-state index contributed by atoms with van der Waals surface area (Å²) < 4.78 is 34.8. The van der Waals surface area contributed by atoms with Gasteiger partial charge in [0.2, 0.25) is 10.0 Å². The number of amidine groups is 1. The number of primary sulfonamides is 1. The molecule has 14 nitrogen and oxygen atoms in total. The minimum absolute atomic E-state index is 0.0570. The summed E-state index contributed by atoms with van der Waals surface area (Å²) in [6.45, 7) is -0.299. The standard InChI is InChI=1S/C30H23BrN6O8S2/c31-21-5-12-26(45-18-28(38)34-22-6-10-25(11-7-22)47(32,42)43)20(14-21)15-27-29(39)36(17-24-2-1-13-44-24)30(46-27)35-33-16-19-3-8-23(9-4-19)37(40)41/h1-16H,17-18H2,(H,34,38)(H2,32,42,43)/b27-15-,33-16-,35-30+. The number of hydrogen-bond donors (Lipinski definition) is 2. The number of nitro groups is 1. The van der Waals surface area contributed by atoms with Gasteiger partial charge in [0.15, 0.2) is 11.8 Å². The lowest BCUT2D eigenvalue weighted by atomic mass is 10.2. The van der Waals surface area contributed by atoms with Crippen LogP contribution in [0.3, 0.4) is 0 Å². The molecular weight excluding hydrogens is 716 g/mol. The molecule has 1 saturated heterocycles. The van der Waals surface area contributed by atoms with E-state index in [1.807, 2.05) is 0 Å². The van der Waals surface area contributed by atoms with Crippen molar-refractivity contribution in [3.63, 3.8) is 0 Å². The molecular formula is C30H23BrN6O8S2. The fraction of sp³-hybridized carbons (Fsp3) is 0.0667. The highest BCUT2D eigenvalue weighted by Crippen LogP contribution is 2.36. The quantitative estimate of drug-likeness (QED) is 0.0907. The highest BCUT2D eigenvalue weighted by molar-refractivity contribution is 9.10. The van der Waals surface area contributed by atoms with Crippen molar-refractivity contribution in [1.82, 2.24) is 4.90 Å². The van der Waals surface area contributed by atoms with Gasteiger partial charge >= 0.3 is 0 Å². The van der Waals surface area contributed by atoms with E-state index >= 15 is 0 Å². The zero-order valence-corrected chi connectivity index (χ0v) is 27.2. The smallest absolute Gasteiger partial charge is 0.269 e. The van der Waals surface area contributed by atoms with Gasteiger partial charge in [-0.1, -0.05) is 15.9 Å². The summed E-state index contributed by atoms with van der Waals surface area (Å²) in [5, 5.41) is 27.2. The summed E-state index contributed by atoms with van der Waals surface area (Å²) >= 11 is 4.50. The Morgan fingerprint density at radius 3 is 2.53 bits per heavy atom. The van der Waals surface area contributed by atoms with E-state index < -0.39 is 20.9 Å². The summed E-state index contributed by atoms with van der Waals surface area (Å²) in [5.41, 5.74) is 1.35. The first kappa shape index (κ1) is 33.3. The van der Waals surface area contributed by atoms with Gasteiger partial charge in [0, 0.05) is 27.9 Å². The molecule has 17 heteroatoms. The lowest BCUT2D eigenvalue weighted by Gasteiger charge is -2.13. The average Bonchev–Trinajstić information content (AvgIpc) is 3.65. The monoisotopic (exact) mass is 738 g/mol. The second-order valence-electron chi connectivity index (χ2n) is 9.65. The van der Waals surface area contributed by atoms with Crippen molar-refractivity contribution in [3.8, 4) is 5.75 Å². The predicted molar refractivity (Wildman–Crippen MR) is 179 cm³/mol. The van der Waals surface area contributed by atoms with Crippen molar-refractivity contribution in [1.29, 1.82) is 0 Å². The Bertz CT molecular complexity index is 2010. The summed E-state index contributed by atoms with van der Waals surface area (Å²) in [6.07, 6.45) is 4.51. The summed E-state index contributed by atoms with van der Waals surface area (Å²) in [6, 6.07) is 19.6. The Kier molecular flexibility index (Phi) is 10.3. The number of halogens is 1. The molecule has 3 N–H and O–H groups in total. The molecule has 0 bridgehead atoms. The maximum atomic E-state index is 13.6. The molecule has 0 spiro atoms. The normalized spacial score (nSPS) is 15.1. The van der Waals surface area contributed by atoms with Gasteiger partial charge in [0.05, 0.1) is 33.7 Å². The van der Waals surface area contributed by atoms with Crippen LogP contribution in [-0.4, -0.2) is 48.0 Å². The van der Waals surface area contributed by atoms with Crippen LogP contribution in [0.2, 0.25) is 0 Å². The largest absolute Gasteiger partial charge is 0.483 e. The van der Waals surface area contributed by atoms with E-state index in [1.54, 1.807) is 36.4 Å². The molecule has 1 aromatic heterocycles. The van der Waals surface area contributed by atoms with Crippen LogP contribution >= 0.6 is 27.7 Å². The van der Waals surface area contributed by atoms with Gasteiger partial charge in [0.1, 0.15) is 11.5 Å². The molecule has 240 valence electrons. The second-order valence-corrected chi connectivity index (χ2v) is 13.1. The first-order valence-corrected chi connectivity index (χ1v) is 16.6. The molecule has 47 heavy (non-hydrogen) atoms. The number of thioether (sulfide) groups is 1. The molecule has 3 aromatic carbocycles. The molecule has 0 aliphatic carbocycles.